The van der Waals surface area contributed by atoms with E-state index < -0.39 is 15.1 Å². The minimum absolute atomic E-state index is 0.210. The molecular weight excluding hydrogens is 228 g/mol. The highest BCUT2D eigenvalue weighted by atomic mass is 32.2. The molecule has 0 aromatic carbocycles. The molecule has 0 bridgehead atoms. The number of hydrogen-bond acceptors (Lipinski definition) is 4. The van der Waals surface area contributed by atoms with Crippen molar-refractivity contribution in [3.05, 3.63) is 27.4 Å². The molecule has 6 heteroatoms. The van der Waals surface area contributed by atoms with E-state index >= 15 is 0 Å². The summed E-state index contributed by atoms with van der Waals surface area (Å²) < 4.78 is 23.3. The number of hydrogen-bond donors (Lipinski definition) is 1. The second kappa shape index (κ2) is 4.37. The smallest absolute Gasteiger partial charge is 0.254 e. The average molecular weight is 244 g/mol. The summed E-state index contributed by atoms with van der Waals surface area (Å²) in [7, 11) is -3.23. The van der Waals surface area contributed by atoms with E-state index in [2.05, 4.69) is 9.97 Å². The Balaban J connectivity index is 3.14. The molecule has 0 aliphatic heterocycles. The van der Waals surface area contributed by atoms with Gasteiger partial charge in [-0.3, -0.25) is 4.79 Å². The third-order valence-corrected chi connectivity index (χ3v) is 4.61. The van der Waals surface area contributed by atoms with Crippen molar-refractivity contribution >= 4 is 9.84 Å². The molecule has 90 valence electrons. The van der Waals surface area contributed by atoms with Crippen molar-refractivity contribution in [2.45, 2.75) is 38.7 Å². The van der Waals surface area contributed by atoms with Gasteiger partial charge in [-0.05, 0) is 27.7 Å². The van der Waals surface area contributed by atoms with Crippen LogP contribution in [0.15, 0.2) is 4.79 Å². The van der Waals surface area contributed by atoms with E-state index in [-0.39, 0.29) is 17.1 Å². The number of aromatic amines is 1. The largest absolute Gasteiger partial charge is 0.309 e. The zero-order chi connectivity index (χ0) is 12.5. The van der Waals surface area contributed by atoms with E-state index in [0.717, 1.165) is 0 Å². The van der Waals surface area contributed by atoms with Gasteiger partial charge < -0.3 is 4.98 Å². The first-order valence-electron chi connectivity index (χ1n) is 5.02. The van der Waals surface area contributed by atoms with Gasteiger partial charge in [0.25, 0.3) is 5.56 Å². The molecule has 0 spiro atoms. The first kappa shape index (κ1) is 12.9. The Morgan fingerprint density at radius 2 is 1.88 bits per heavy atom. The molecule has 0 saturated heterocycles. The summed E-state index contributed by atoms with van der Waals surface area (Å²) in [5, 5.41) is -0.473. The van der Waals surface area contributed by atoms with Gasteiger partial charge in [-0.1, -0.05) is 0 Å². The number of rotatable bonds is 3. The molecule has 5 nitrogen and oxygen atoms in total. The predicted molar refractivity (Wildman–Crippen MR) is 62.1 cm³/mol. The van der Waals surface area contributed by atoms with Crippen molar-refractivity contribution < 1.29 is 8.42 Å². The third-order valence-electron chi connectivity index (χ3n) is 2.50. The lowest BCUT2D eigenvalue weighted by molar-refractivity contribution is 0.584. The lowest BCUT2D eigenvalue weighted by atomic mass is 10.3. The summed E-state index contributed by atoms with van der Waals surface area (Å²) in [6.07, 6.45) is 0. The van der Waals surface area contributed by atoms with Gasteiger partial charge in [0.05, 0.1) is 5.25 Å². The maximum Gasteiger partial charge on any atom is 0.254 e. The monoisotopic (exact) mass is 244 g/mol. The van der Waals surface area contributed by atoms with E-state index in [4.69, 9.17) is 0 Å². The zero-order valence-corrected chi connectivity index (χ0v) is 10.7. The van der Waals surface area contributed by atoms with Gasteiger partial charge in [0, 0.05) is 11.3 Å². The van der Waals surface area contributed by atoms with E-state index in [1.807, 2.05) is 0 Å². The Kier molecular flexibility index (Phi) is 3.52. The van der Waals surface area contributed by atoms with Gasteiger partial charge in [-0.15, -0.1) is 0 Å². The first-order valence-corrected chi connectivity index (χ1v) is 6.73. The third kappa shape index (κ3) is 2.69. The van der Waals surface area contributed by atoms with Crippen LogP contribution in [0.3, 0.4) is 0 Å². The molecule has 1 heterocycles. The molecule has 1 rings (SSSR count). The molecule has 1 aromatic heterocycles. The maximum absolute atomic E-state index is 11.6. The number of aromatic nitrogens is 2. The molecule has 1 aromatic rings. The van der Waals surface area contributed by atoms with Crippen molar-refractivity contribution in [3.63, 3.8) is 0 Å². The zero-order valence-electron chi connectivity index (χ0n) is 9.86. The fraction of sp³-hybridized carbons (Fsp3) is 0.600. The van der Waals surface area contributed by atoms with Crippen LogP contribution in [-0.2, 0) is 15.6 Å². The number of H-pyrrole nitrogens is 1. The fourth-order valence-corrected chi connectivity index (χ4v) is 1.98. The molecule has 0 aliphatic carbocycles. The van der Waals surface area contributed by atoms with Gasteiger partial charge in [-0.25, -0.2) is 13.4 Å². The van der Waals surface area contributed by atoms with Crippen LogP contribution in [0.2, 0.25) is 0 Å². The molecule has 0 aliphatic rings. The molecule has 1 N–H and O–H groups in total. The van der Waals surface area contributed by atoms with Crippen LogP contribution >= 0.6 is 0 Å². The molecule has 0 unspecified atom stereocenters. The second-order valence-corrected chi connectivity index (χ2v) is 6.64. The lowest BCUT2D eigenvalue weighted by Crippen LogP contribution is -2.22. The van der Waals surface area contributed by atoms with E-state index in [1.165, 1.54) is 0 Å². The highest BCUT2D eigenvalue weighted by Gasteiger charge is 2.18. The topological polar surface area (TPSA) is 79.9 Å². The van der Waals surface area contributed by atoms with Gasteiger partial charge in [-0.2, -0.15) is 0 Å². The Morgan fingerprint density at radius 3 is 2.31 bits per heavy atom. The maximum atomic E-state index is 11.6. The minimum Gasteiger partial charge on any atom is -0.309 e. The second-order valence-electron chi connectivity index (χ2n) is 4.08. The lowest BCUT2D eigenvalue weighted by Gasteiger charge is -2.08. The van der Waals surface area contributed by atoms with Crippen molar-refractivity contribution in [2.75, 3.05) is 0 Å². The summed E-state index contributed by atoms with van der Waals surface area (Å²) in [6.45, 7) is 6.56. The van der Waals surface area contributed by atoms with Crippen LogP contribution in [0.25, 0.3) is 0 Å². The summed E-state index contributed by atoms with van der Waals surface area (Å²) in [5.74, 6) is -0.0112. The van der Waals surface area contributed by atoms with Crippen molar-refractivity contribution in [2.24, 2.45) is 0 Å². The number of nitrogens with one attached hydrogen (secondary N) is 1. The molecule has 16 heavy (non-hydrogen) atoms. The highest BCUT2D eigenvalue weighted by Crippen LogP contribution is 2.07. The molecule has 0 fully saturated rings. The highest BCUT2D eigenvalue weighted by molar-refractivity contribution is 7.91. The van der Waals surface area contributed by atoms with E-state index in [0.29, 0.717) is 11.3 Å². The Hall–Kier alpha value is -1.17. The standard InChI is InChI=1S/C10H16N2O3S/c1-6(2)16(14,15)5-9-11-8(4)7(3)10(13)12-9/h6H,5H2,1-4H3,(H,11,12,13). The minimum atomic E-state index is -3.23. The molecule has 0 radical (unpaired) electrons. The van der Waals surface area contributed by atoms with E-state index in [9.17, 15) is 13.2 Å². The van der Waals surface area contributed by atoms with Gasteiger partial charge in [0.15, 0.2) is 9.84 Å². The van der Waals surface area contributed by atoms with Gasteiger partial charge >= 0.3 is 0 Å². The van der Waals surface area contributed by atoms with Crippen molar-refractivity contribution in [1.82, 2.24) is 9.97 Å². The Labute approximate surface area is 94.8 Å². The van der Waals surface area contributed by atoms with Crippen LogP contribution < -0.4 is 5.56 Å². The normalized spacial score (nSPS) is 12.1. The SMILES string of the molecule is Cc1nc(CS(=O)(=O)C(C)C)[nH]c(=O)c1C. The summed E-state index contributed by atoms with van der Waals surface area (Å²) in [5.41, 5.74) is 0.810. The molecule has 0 atom stereocenters. The number of sulfone groups is 1. The molecular formula is C10H16N2O3S. The summed E-state index contributed by atoms with van der Waals surface area (Å²) in [4.78, 5) is 18.0. The average Bonchev–Trinajstić information content (AvgIpc) is 2.13. The van der Waals surface area contributed by atoms with Crippen LogP contribution in [-0.4, -0.2) is 23.6 Å². The van der Waals surface area contributed by atoms with Crippen molar-refractivity contribution in [3.8, 4) is 0 Å². The van der Waals surface area contributed by atoms with Gasteiger partial charge in [0.2, 0.25) is 0 Å². The summed E-state index contributed by atoms with van der Waals surface area (Å²) in [6, 6.07) is 0. The Bertz CT molecular complexity index is 544. The fourth-order valence-electron chi connectivity index (χ4n) is 1.13. The molecule has 0 saturated carbocycles. The molecule has 0 amide bonds. The number of aryl methyl sites for hydroxylation is 1. The van der Waals surface area contributed by atoms with Crippen LogP contribution in [0.4, 0.5) is 0 Å². The Morgan fingerprint density at radius 1 is 1.31 bits per heavy atom. The van der Waals surface area contributed by atoms with Crippen LogP contribution in [0, 0.1) is 13.8 Å². The van der Waals surface area contributed by atoms with Crippen LogP contribution in [0.1, 0.15) is 30.9 Å². The summed E-state index contributed by atoms with van der Waals surface area (Å²) >= 11 is 0. The quantitative estimate of drug-likeness (QED) is 0.849. The van der Waals surface area contributed by atoms with Crippen molar-refractivity contribution in [1.29, 1.82) is 0 Å². The number of nitrogens with zero attached hydrogens (tertiary/aromatic N) is 1. The first-order chi connectivity index (χ1) is 7.24. The van der Waals surface area contributed by atoms with E-state index in [1.54, 1.807) is 27.7 Å². The predicted octanol–water partition coefficient (Wildman–Crippen LogP) is 0.710. The van der Waals surface area contributed by atoms with Crippen LogP contribution in [0.5, 0.6) is 0 Å². The van der Waals surface area contributed by atoms with Gasteiger partial charge in [0.1, 0.15) is 11.6 Å².